The standard InChI is InChI=1S/C13H17BrFN3O3S.ClH/c1-17(9-13(19)18-6-4-16-5-7-18)22(20,21)10-2-3-11(14)12(15)8-10;/h2-3,8,16H,4-7,9H2,1H3;1H. The zero-order valence-corrected chi connectivity index (χ0v) is 15.7. The second kappa shape index (κ2) is 8.39. The molecule has 2 rings (SSSR count). The van der Waals surface area contributed by atoms with Gasteiger partial charge in [-0.15, -0.1) is 12.4 Å². The van der Waals surface area contributed by atoms with E-state index in [1.54, 1.807) is 4.90 Å². The van der Waals surface area contributed by atoms with Gasteiger partial charge in [-0.2, -0.15) is 4.31 Å². The third kappa shape index (κ3) is 4.87. The van der Waals surface area contributed by atoms with Crippen molar-refractivity contribution in [3.8, 4) is 0 Å². The molecule has 1 heterocycles. The van der Waals surface area contributed by atoms with Crippen molar-refractivity contribution in [3.63, 3.8) is 0 Å². The van der Waals surface area contributed by atoms with Crippen molar-refractivity contribution in [3.05, 3.63) is 28.5 Å². The molecule has 0 saturated carbocycles. The number of hydrogen-bond acceptors (Lipinski definition) is 4. The van der Waals surface area contributed by atoms with Crippen LogP contribution in [0.25, 0.3) is 0 Å². The van der Waals surface area contributed by atoms with E-state index in [1.807, 2.05) is 0 Å². The van der Waals surface area contributed by atoms with Crippen LogP contribution in [0.15, 0.2) is 27.6 Å². The van der Waals surface area contributed by atoms with Crippen LogP contribution in [0.4, 0.5) is 4.39 Å². The van der Waals surface area contributed by atoms with Gasteiger partial charge < -0.3 is 10.2 Å². The minimum atomic E-state index is -3.90. The van der Waals surface area contributed by atoms with E-state index in [9.17, 15) is 17.6 Å². The number of rotatable bonds is 4. The predicted molar refractivity (Wildman–Crippen MR) is 90.6 cm³/mol. The molecule has 0 aromatic heterocycles. The number of likely N-dealkylation sites (N-methyl/N-ethyl adjacent to an activating group) is 1. The lowest BCUT2D eigenvalue weighted by Gasteiger charge is -2.29. The molecule has 1 aliphatic rings. The first kappa shape index (κ1) is 20.3. The molecule has 1 fully saturated rings. The van der Waals surface area contributed by atoms with Crippen LogP contribution >= 0.6 is 28.3 Å². The second-order valence-electron chi connectivity index (χ2n) is 4.97. The summed E-state index contributed by atoms with van der Waals surface area (Å²) >= 11 is 2.98. The summed E-state index contributed by atoms with van der Waals surface area (Å²) in [5, 5.41) is 3.12. The SMILES string of the molecule is CN(CC(=O)N1CCNCC1)S(=O)(=O)c1ccc(Br)c(F)c1.Cl. The Bertz CT molecular complexity index is 668. The van der Waals surface area contributed by atoms with Gasteiger partial charge >= 0.3 is 0 Å². The number of amides is 1. The van der Waals surface area contributed by atoms with E-state index in [4.69, 9.17) is 0 Å². The smallest absolute Gasteiger partial charge is 0.243 e. The number of halogens is 3. The maximum atomic E-state index is 13.5. The van der Waals surface area contributed by atoms with Crippen LogP contribution in [0.3, 0.4) is 0 Å². The minimum absolute atomic E-state index is 0. The Morgan fingerprint density at radius 3 is 2.57 bits per heavy atom. The molecule has 0 bridgehead atoms. The summed E-state index contributed by atoms with van der Waals surface area (Å²) in [7, 11) is -2.59. The van der Waals surface area contributed by atoms with Crippen LogP contribution in [-0.2, 0) is 14.8 Å². The zero-order chi connectivity index (χ0) is 16.3. The summed E-state index contributed by atoms with van der Waals surface area (Å²) in [6.07, 6.45) is 0. The Labute approximate surface area is 149 Å². The van der Waals surface area contributed by atoms with Gasteiger partial charge in [0.05, 0.1) is 15.9 Å². The molecular weight excluding hydrogens is 413 g/mol. The summed E-state index contributed by atoms with van der Waals surface area (Å²) < 4.78 is 39.4. The average Bonchev–Trinajstić information content (AvgIpc) is 2.50. The van der Waals surface area contributed by atoms with Gasteiger partial charge in [-0.25, -0.2) is 12.8 Å². The van der Waals surface area contributed by atoms with Crippen LogP contribution in [0.1, 0.15) is 0 Å². The minimum Gasteiger partial charge on any atom is -0.339 e. The number of nitrogens with one attached hydrogen (secondary N) is 1. The quantitative estimate of drug-likeness (QED) is 0.776. The number of piperazine rings is 1. The van der Waals surface area contributed by atoms with E-state index in [-0.39, 0.29) is 34.2 Å². The number of hydrogen-bond donors (Lipinski definition) is 1. The Kier molecular flexibility index (Phi) is 7.40. The lowest BCUT2D eigenvalue weighted by molar-refractivity contribution is -0.131. The van der Waals surface area contributed by atoms with E-state index >= 15 is 0 Å². The monoisotopic (exact) mass is 429 g/mol. The van der Waals surface area contributed by atoms with Gasteiger partial charge in [0.15, 0.2) is 0 Å². The van der Waals surface area contributed by atoms with Crippen molar-refractivity contribution >= 4 is 44.3 Å². The van der Waals surface area contributed by atoms with Gasteiger partial charge in [0.1, 0.15) is 5.82 Å². The largest absolute Gasteiger partial charge is 0.339 e. The van der Waals surface area contributed by atoms with Gasteiger partial charge in [0.25, 0.3) is 0 Å². The Morgan fingerprint density at radius 2 is 2.00 bits per heavy atom. The van der Waals surface area contributed by atoms with Crippen LogP contribution in [0.2, 0.25) is 0 Å². The second-order valence-corrected chi connectivity index (χ2v) is 7.87. The van der Waals surface area contributed by atoms with Gasteiger partial charge in [0, 0.05) is 33.2 Å². The molecule has 1 aromatic rings. The summed E-state index contributed by atoms with van der Waals surface area (Å²) in [5.74, 6) is -0.923. The summed E-state index contributed by atoms with van der Waals surface area (Å²) in [4.78, 5) is 13.6. The van der Waals surface area contributed by atoms with E-state index < -0.39 is 15.8 Å². The van der Waals surface area contributed by atoms with Crippen LogP contribution in [0.5, 0.6) is 0 Å². The Balaban J connectivity index is 0.00000264. The maximum absolute atomic E-state index is 13.5. The molecule has 0 radical (unpaired) electrons. The normalized spacial score (nSPS) is 15.4. The molecule has 23 heavy (non-hydrogen) atoms. The van der Waals surface area contributed by atoms with Gasteiger partial charge in [-0.1, -0.05) is 0 Å². The fourth-order valence-corrected chi connectivity index (χ4v) is 3.49. The first-order chi connectivity index (χ1) is 10.3. The zero-order valence-electron chi connectivity index (χ0n) is 12.5. The van der Waals surface area contributed by atoms with Crippen molar-refractivity contribution < 1.29 is 17.6 Å². The van der Waals surface area contributed by atoms with Crippen molar-refractivity contribution in [1.29, 1.82) is 0 Å². The van der Waals surface area contributed by atoms with E-state index in [2.05, 4.69) is 21.2 Å². The van der Waals surface area contributed by atoms with Crippen molar-refractivity contribution in [1.82, 2.24) is 14.5 Å². The molecule has 1 saturated heterocycles. The third-order valence-electron chi connectivity index (χ3n) is 3.43. The highest BCUT2D eigenvalue weighted by molar-refractivity contribution is 9.10. The van der Waals surface area contributed by atoms with E-state index in [1.165, 1.54) is 19.2 Å². The number of nitrogens with zero attached hydrogens (tertiary/aromatic N) is 2. The highest BCUT2D eigenvalue weighted by Gasteiger charge is 2.26. The predicted octanol–water partition coefficient (Wildman–Crippen LogP) is 1.06. The molecule has 1 aromatic carbocycles. The fraction of sp³-hybridized carbons (Fsp3) is 0.462. The topological polar surface area (TPSA) is 69.7 Å². The molecule has 1 N–H and O–H groups in total. The third-order valence-corrected chi connectivity index (χ3v) is 5.87. The average molecular weight is 431 g/mol. The lowest BCUT2D eigenvalue weighted by Crippen LogP contribution is -2.49. The molecule has 0 aliphatic carbocycles. The van der Waals surface area contributed by atoms with Crippen LogP contribution < -0.4 is 5.32 Å². The van der Waals surface area contributed by atoms with Gasteiger partial charge in [0.2, 0.25) is 15.9 Å². The number of carbonyl (C=O) groups is 1. The van der Waals surface area contributed by atoms with Gasteiger partial charge in [-0.05, 0) is 34.1 Å². The molecule has 1 amide bonds. The molecule has 0 spiro atoms. The fourth-order valence-electron chi connectivity index (χ4n) is 2.11. The van der Waals surface area contributed by atoms with Crippen molar-refractivity contribution in [2.24, 2.45) is 0 Å². The number of sulfonamides is 1. The van der Waals surface area contributed by atoms with Crippen molar-refractivity contribution in [2.45, 2.75) is 4.90 Å². The first-order valence-corrected chi connectivity index (χ1v) is 8.95. The Morgan fingerprint density at radius 1 is 1.39 bits per heavy atom. The molecule has 130 valence electrons. The molecular formula is C13H18BrClFN3O3S. The van der Waals surface area contributed by atoms with E-state index in [0.29, 0.717) is 26.2 Å². The number of benzene rings is 1. The highest BCUT2D eigenvalue weighted by atomic mass is 79.9. The van der Waals surface area contributed by atoms with Crippen LogP contribution in [-0.4, -0.2) is 63.3 Å². The summed E-state index contributed by atoms with van der Waals surface area (Å²) in [6, 6.07) is 3.56. The molecule has 1 aliphatic heterocycles. The first-order valence-electron chi connectivity index (χ1n) is 6.72. The lowest BCUT2D eigenvalue weighted by atomic mass is 10.3. The van der Waals surface area contributed by atoms with Crippen molar-refractivity contribution in [2.75, 3.05) is 39.8 Å². The molecule has 0 atom stereocenters. The summed E-state index contributed by atoms with van der Waals surface area (Å²) in [5.41, 5.74) is 0. The Hall–Kier alpha value is -0.740. The highest BCUT2D eigenvalue weighted by Crippen LogP contribution is 2.21. The van der Waals surface area contributed by atoms with Crippen LogP contribution in [0, 0.1) is 5.82 Å². The molecule has 0 unspecified atom stereocenters. The van der Waals surface area contributed by atoms with E-state index in [0.717, 1.165) is 10.4 Å². The number of carbonyl (C=O) groups excluding carboxylic acids is 1. The molecule has 6 nitrogen and oxygen atoms in total. The molecule has 10 heteroatoms. The summed E-state index contributed by atoms with van der Waals surface area (Å²) in [6.45, 7) is 2.24. The maximum Gasteiger partial charge on any atom is 0.243 e. The van der Waals surface area contributed by atoms with Gasteiger partial charge in [-0.3, -0.25) is 4.79 Å².